The molecule has 0 saturated heterocycles. The maximum Gasteiger partial charge on any atom is 1.00 e. The summed E-state index contributed by atoms with van der Waals surface area (Å²) in [5.74, 6) is -0.929. The largest absolute Gasteiger partial charge is 1.00 e. The van der Waals surface area contributed by atoms with Gasteiger partial charge in [-0.3, -0.25) is 4.79 Å². The van der Waals surface area contributed by atoms with Crippen molar-refractivity contribution in [2.75, 3.05) is 0 Å². The molecule has 0 aliphatic rings. The van der Waals surface area contributed by atoms with Gasteiger partial charge in [-0.2, -0.15) is 0 Å². The summed E-state index contributed by atoms with van der Waals surface area (Å²) in [7, 11) is 0. The maximum atomic E-state index is 11.2. The van der Waals surface area contributed by atoms with E-state index in [0.29, 0.717) is 0 Å². The van der Waals surface area contributed by atoms with Crippen molar-refractivity contribution in [2.24, 2.45) is 10.6 Å². The molecule has 0 rings (SSSR count). The topological polar surface area (TPSA) is 140 Å². The molecule has 11 heteroatoms. The van der Waals surface area contributed by atoms with Crippen molar-refractivity contribution in [3.05, 3.63) is 20.8 Å². The van der Waals surface area contributed by atoms with E-state index in [0.717, 1.165) is 6.92 Å². The molecule has 0 aliphatic heterocycles. The number of hydrogen-bond donors (Lipinski definition) is 0. The first-order valence-corrected chi connectivity index (χ1v) is 3.59. The van der Waals surface area contributed by atoms with Gasteiger partial charge in [-0.1, -0.05) is 6.92 Å². The van der Waals surface area contributed by atoms with Crippen LogP contribution in [0.15, 0.2) is 10.6 Å². The van der Waals surface area contributed by atoms with Gasteiger partial charge in [0.2, 0.25) is 0 Å². The Labute approximate surface area is 177 Å². The van der Waals surface area contributed by atoms with Gasteiger partial charge in [0.15, 0.2) is 0 Å². The molecule has 0 bridgehead atoms. The van der Waals surface area contributed by atoms with Crippen molar-refractivity contribution >= 4 is 5.78 Å². The molecule has 9 nitrogen and oxygen atoms in total. The number of nitrogens with zero attached hydrogens (tertiary/aromatic N) is 4. The van der Waals surface area contributed by atoms with Crippen molar-refractivity contribution in [2.45, 2.75) is 25.9 Å². The summed E-state index contributed by atoms with van der Waals surface area (Å²) in [6.07, 6.45) is -0.209. The summed E-state index contributed by atoms with van der Waals surface area (Å²) in [5, 5.41) is 45.1. The van der Waals surface area contributed by atoms with E-state index in [1.807, 2.05) is 10.6 Å². The summed E-state index contributed by atoms with van der Waals surface area (Å²) < 4.78 is 0. The normalized spacial score (nSPS) is 12.4. The summed E-state index contributed by atoms with van der Waals surface area (Å²) in [5.41, 5.74) is -2.52. The summed E-state index contributed by atoms with van der Waals surface area (Å²) in [4.78, 5) is 9.78. The Balaban J connectivity index is -0.000000845. The molecular weight excluding hydrogens is 274 g/mol. The van der Waals surface area contributed by atoms with Gasteiger partial charge in [0.1, 0.15) is 0 Å². The van der Waals surface area contributed by atoms with Crippen molar-refractivity contribution < 1.29 is 117 Å². The van der Waals surface area contributed by atoms with Crippen LogP contribution >= 0.6 is 0 Å². The van der Waals surface area contributed by atoms with Crippen LogP contribution in [-0.4, -0.2) is 21.2 Å². The quantitative estimate of drug-likeness (QED) is 0.166. The number of carbonyl (C=O) groups is 1. The molecule has 0 amide bonds. The van der Waals surface area contributed by atoms with E-state index < -0.39 is 21.2 Å². The minimum Gasteiger partial charge on any atom is -0.739 e. The Morgan fingerprint density at radius 1 is 1.19 bits per heavy atom. The van der Waals surface area contributed by atoms with Crippen molar-refractivity contribution in [1.29, 1.82) is 0 Å². The Hall–Kier alpha value is 1.34. The van der Waals surface area contributed by atoms with Gasteiger partial charge in [0, 0.05) is 6.42 Å². The minimum atomic E-state index is -2.52. The second-order valence-corrected chi connectivity index (χ2v) is 2.51. The van der Waals surface area contributed by atoms with Crippen molar-refractivity contribution in [1.82, 2.24) is 0 Å². The molecule has 0 radical (unpaired) electrons. The van der Waals surface area contributed by atoms with Gasteiger partial charge in [-0.25, -0.2) is 0 Å². The molecule has 0 heterocycles. The number of hydrogen-bond acceptors (Lipinski definition) is 7. The number of Topliss-reactive ketones (excluding diaryl/α,β-unsaturated/α-hetero) is 1. The van der Waals surface area contributed by atoms with Crippen LogP contribution in [0.25, 0.3) is 0 Å². The molecular formula is C5H8K2N4O5. The van der Waals surface area contributed by atoms with Gasteiger partial charge >= 0.3 is 108 Å². The van der Waals surface area contributed by atoms with Gasteiger partial charge in [0.05, 0.1) is 6.92 Å². The molecule has 0 aromatic heterocycles. The molecule has 0 unspecified atom stereocenters. The first-order chi connectivity index (χ1) is 6.44. The SMILES string of the molecule is CCC(=O)C(C)(/[N+]([O-])=N/[O-])/[N+]([O-])=N/[O-].[K+].[K+]. The first kappa shape index (κ1) is 22.5. The second-order valence-electron chi connectivity index (χ2n) is 2.51. The van der Waals surface area contributed by atoms with E-state index in [4.69, 9.17) is 0 Å². The molecule has 0 aliphatic carbocycles. The van der Waals surface area contributed by atoms with E-state index in [9.17, 15) is 25.6 Å². The Morgan fingerprint density at radius 3 is 1.69 bits per heavy atom. The van der Waals surface area contributed by atoms with Gasteiger partial charge in [-0.05, 0) is 20.3 Å². The molecule has 0 aromatic rings. The number of carbonyl (C=O) groups excluding carboxylic acids is 1. The minimum absolute atomic E-state index is 0. The molecule has 0 aromatic carbocycles. The Kier molecular flexibility index (Phi) is 14.5. The summed E-state index contributed by atoms with van der Waals surface area (Å²) in [6, 6.07) is 0. The third-order valence-corrected chi connectivity index (χ3v) is 1.74. The van der Waals surface area contributed by atoms with E-state index >= 15 is 0 Å². The van der Waals surface area contributed by atoms with E-state index in [-0.39, 0.29) is 109 Å². The van der Waals surface area contributed by atoms with Crippen LogP contribution in [0.4, 0.5) is 0 Å². The molecule has 0 N–H and O–H groups in total. The van der Waals surface area contributed by atoms with Crippen LogP contribution in [0.5, 0.6) is 0 Å². The zero-order chi connectivity index (χ0) is 11.4. The van der Waals surface area contributed by atoms with Crippen molar-refractivity contribution in [3.63, 3.8) is 0 Å². The zero-order valence-electron chi connectivity index (χ0n) is 9.54. The first-order valence-electron chi connectivity index (χ1n) is 3.59. The van der Waals surface area contributed by atoms with E-state index in [2.05, 4.69) is 0 Å². The predicted molar refractivity (Wildman–Crippen MR) is 42.5 cm³/mol. The van der Waals surface area contributed by atoms with Crippen LogP contribution in [0.2, 0.25) is 0 Å². The molecule has 0 saturated carbocycles. The third-order valence-electron chi connectivity index (χ3n) is 1.74. The van der Waals surface area contributed by atoms with Crippen LogP contribution in [0, 0.1) is 20.8 Å². The molecule has 0 atom stereocenters. The molecule has 80 valence electrons. The average molecular weight is 282 g/mol. The fourth-order valence-electron chi connectivity index (χ4n) is 0.780. The van der Waals surface area contributed by atoms with E-state index in [1.54, 1.807) is 0 Å². The van der Waals surface area contributed by atoms with Gasteiger partial charge in [0.25, 0.3) is 5.78 Å². The fourth-order valence-corrected chi connectivity index (χ4v) is 0.780. The maximum absolute atomic E-state index is 11.2. The number of rotatable bonds is 4. The average Bonchev–Trinajstić information content (AvgIpc) is 2.24. The van der Waals surface area contributed by atoms with Crippen LogP contribution in [-0.2, 0) is 4.79 Å². The predicted octanol–water partition coefficient (Wildman–Crippen LogP) is -5.39. The van der Waals surface area contributed by atoms with Crippen LogP contribution in [0.3, 0.4) is 0 Å². The molecule has 16 heavy (non-hydrogen) atoms. The van der Waals surface area contributed by atoms with Gasteiger partial charge < -0.3 is 20.8 Å². The smallest absolute Gasteiger partial charge is 0.739 e. The van der Waals surface area contributed by atoms with Crippen LogP contribution in [0.1, 0.15) is 20.3 Å². The van der Waals surface area contributed by atoms with Crippen LogP contribution < -0.4 is 103 Å². The standard InChI is InChI=1S/C5H10N4O5.2K/c1-3-4(10)5(2,8(13)6-11)9(14)7-12;;/h11-12H,3H2,1-2H3;;/q;2*+1/p-2/b8-6-,9-7-;;. The molecule has 0 fully saturated rings. The van der Waals surface area contributed by atoms with E-state index in [1.165, 1.54) is 6.92 Å². The fraction of sp³-hybridized carbons (Fsp3) is 0.800. The second kappa shape index (κ2) is 10.3. The molecule has 0 spiro atoms. The summed E-state index contributed by atoms with van der Waals surface area (Å²) >= 11 is 0. The number of hydroxylamine groups is 2. The van der Waals surface area contributed by atoms with Crippen molar-refractivity contribution in [3.8, 4) is 0 Å². The Morgan fingerprint density at radius 2 is 1.50 bits per heavy atom. The number of ketones is 1. The monoisotopic (exact) mass is 282 g/mol. The zero-order valence-corrected chi connectivity index (χ0v) is 15.8. The third kappa shape index (κ3) is 4.91. The van der Waals surface area contributed by atoms with Gasteiger partial charge in [-0.15, -0.1) is 0 Å². The summed E-state index contributed by atoms with van der Waals surface area (Å²) in [6.45, 7) is 2.15. The Bertz CT molecular complexity index is 277.